The summed E-state index contributed by atoms with van der Waals surface area (Å²) < 4.78 is 0.762. The van der Waals surface area contributed by atoms with Gasteiger partial charge in [0.05, 0.1) is 0 Å². The molecule has 0 N–H and O–H groups in total. The topological polar surface area (TPSA) is 43.4 Å². The van der Waals surface area contributed by atoms with E-state index in [0.29, 0.717) is 6.54 Å². The summed E-state index contributed by atoms with van der Waals surface area (Å²) in [6.07, 6.45) is -1.11. The molecule has 1 amide bonds. The van der Waals surface area contributed by atoms with E-state index in [1.54, 1.807) is 0 Å². The molecule has 0 aromatic heterocycles. The third kappa shape index (κ3) is 3.70. The number of halogens is 1. The number of hydrogen-bond acceptors (Lipinski definition) is 2. The van der Waals surface area contributed by atoms with Crippen LogP contribution in [-0.4, -0.2) is 21.5 Å². The van der Waals surface area contributed by atoms with Crippen molar-refractivity contribution in [2.45, 2.75) is 19.5 Å². The molecule has 1 rings (SSSR count). The third-order valence-corrected chi connectivity index (χ3v) is 3.46. The molecule has 1 aromatic carbocycles. The van der Waals surface area contributed by atoms with Crippen LogP contribution in [0.2, 0.25) is 0 Å². The first kappa shape index (κ1) is 12.3. The van der Waals surface area contributed by atoms with Gasteiger partial charge in [-0.25, -0.2) is 0 Å². The second-order valence-electron chi connectivity index (χ2n) is 3.38. The molecule has 0 bridgehead atoms. The van der Waals surface area contributed by atoms with Gasteiger partial charge in [0.1, 0.15) is 6.09 Å². The molecule has 0 heterocycles. The van der Waals surface area contributed by atoms with Crippen LogP contribution in [0.3, 0.4) is 0 Å². The Labute approximate surface area is 103 Å². The van der Waals surface area contributed by atoms with Crippen LogP contribution >= 0.6 is 22.6 Å². The minimum atomic E-state index is -1.11. The average Bonchev–Trinajstić information content (AvgIpc) is 2.26. The molecule has 0 saturated carbocycles. The normalized spacial score (nSPS) is 12.1. The summed E-state index contributed by atoms with van der Waals surface area (Å²) in [7, 11) is 0. The lowest BCUT2D eigenvalue weighted by molar-refractivity contribution is -0.268. The van der Waals surface area contributed by atoms with Crippen molar-refractivity contribution in [1.82, 2.24) is 4.90 Å². The molecule has 0 radical (unpaired) electrons. The molecule has 1 atom stereocenters. The number of carbonyl (C=O) groups excluding carboxylic acids is 1. The largest absolute Gasteiger partial charge is 0.530 e. The zero-order valence-electron chi connectivity index (χ0n) is 8.52. The molecule has 82 valence electrons. The first-order valence-electron chi connectivity index (χ1n) is 4.72. The zero-order chi connectivity index (χ0) is 11.3. The first-order valence-corrected chi connectivity index (χ1v) is 6.25. The van der Waals surface area contributed by atoms with Crippen molar-refractivity contribution in [3.8, 4) is 0 Å². The molecule has 3 nitrogen and oxygen atoms in total. The van der Waals surface area contributed by atoms with Crippen molar-refractivity contribution in [2.75, 3.05) is 4.43 Å². The van der Waals surface area contributed by atoms with Crippen molar-refractivity contribution in [2.24, 2.45) is 0 Å². The lowest BCUT2D eigenvalue weighted by Gasteiger charge is -2.30. The highest BCUT2D eigenvalue weighted by molar-refractivity contribution is 14.1. The van der Waals surface area contributed by atoms with E-state index in [-0.39, 0.29) is 6.04 Å². The highest BCUT2D eigenvalue weighted by atomic mass is 127. The van der Waals surface area contributed by atoms with Gasteiger partial charge in [0, 0.05) is 17.0 Å². The third-order valence-electron chi connectivity index (χ3n) is 2.19. The van der Waals surface area contributed by atoms with Gasteiger partial charge < -0.3 is 14.8 Å². The molecule has 0 spiro atoms. The maximum Gasteiger partial charge on any atom is 0.137 e. The number of rotatable bonds is 4. The SMILES string of the molecule is C[C@H](CI)N(Cc1ccccc1)C(=O)[O-]. The number of alkyl halides is 1. The second-order valence-corrected chi connectivity index (χ2v) is 4.26. The monoisotopic (exact) mass is 318 g/mol. The molecule has 0 fully saturated rings. The summed E-state index contributed by atoms with van der Waals surface area (Å²) in [5.74, 6) is 0. The van der Waals surface area contributed by atoms with E-state index >= 15 is 0 Å². The van der Waals surface area contributed by atoms with Gasteiger partial charge in [-0.1, -0.05) is 52.9 Å². The molecular formula is C11H13INO2-. The Hall–Kier alpha value is -0.780. The van der Waals surface area contributed by atoms with E-state index in [4.69, 9.17) is 0 Å². The summed E-state index contributed by atoms with van der Waals surface area (Å²) in [6.45, 7) is 2.28. The molecule has 0 aliphatic heterocycles. The van der Waals surface area contributed by atoms with E-state index in [0.717, 1.165) is 9.99 Å². The van der Waals surface area contributed by atoms with Gasteiger partial charge in [-0.15, -0.1) is 0 Å². The quantitative estimate of drug-likeness (QED) is 0.626. The van der Waals surface area contributed by atoms with Crippen LogP contribution < -0.4 is 5.11 Å². The number of hydrogen-bond donors (Lipinski definition) is 0. The maximum absolute atomic E-state index is 10.9. The summed E-state index contributed by atoms with van der Waals surface area (Å²) in [5, 5.41) is 10.9. The van der Waals surface area contributed by atoms with Crippen LogP contribution in [0.5, 0.6) is 0 Å². The Kier molecular flexibility index (Phi) is 4.87. The van der Waals surface area contributed by atoms with Crippen LogP contribution in [0.15, 0.2) is 30.3 Å². The van der Waals surface area contributed by atoms with E-state index in [9.17, 15) is 9.90 Å². The second kappa shape index (κ2) is 5.95. The van der Waals surface area contributed by atoms with Gasteiger partial charge >= 0.3 is 0 Å². The molecule has 0 unspecified atom stereocenters. The van der Waals surface area contributed by atoms with E-state index < -0.39 is 6.09 Å². The van der Waals surface area contributed by atoms with Crippen molar-refractivity contribution < 1.29 is 9.90 Å². The molecule has 0 aliphatic rings. The standard InChI is InChI=1S/C11H14INO2/c1-9(7-12)13(11(14)15)8-10-5-3-2-4-6-10/h2-6,9H,7-8H2,1H3,(H,14,15)/p-1/t9-/m1/s1. The summed E-state index contributed by atoms with van der Waals surface area (Å²) >= 11 is 2.17. The molecule has 15 heavy (non-hydrogen) atoms. The first-order chi connectivity index (χ1) is 7.15. The average molecular weight is 318 g/mol. The van der Waals surface area contributed by atoms with Crippen LogP contribution in [0.25, 0.3) is 0 Å². The molecular weight excluding hydrogens is 305 g/mol. The van der Waals surface area contributed by atoms with E-state index in [1.165, 1.54) is 4.90 Å². The van der Waals surface area contributed by atoms with Gasteiger partial charge in [-0.05, 0) is 12.5 Å². The van der Waals surface area contributed by atoms with Crippen LogP contribution in [0.1, 0.15) is 12.5 Å². The fourth-order valence-corrected chi connectivity index (χ4v) is 1.74. The fourth-order valence-electron chi connectivity index (χ4n) is 1.26. The predicted octanol–water partition coefficient (Wildman–Crippen LogP) is 1.66. The molecule has 0 saturated heterocycles. The predicted molar refractivity (Wildman–Crippen MR) is 65.7 cm³/mol. The number of carbonyl (C=O) groups is 1. The Morgan fingerprint density at radius 3 is 2.53 bits per heavy atom. The van der Waals surface area contributed by atoms with Crippen LogP contribution in [-0.2, 0) is 6.54 Å². The van der Waals surface area contributed by atoms with Gasteiger partial charge in [0.15, 0.2) is 0 Å². The summed E-state index contributed by atoms with van der Waals surface area (Å²) in [4.78, 5) is 12.3. The Morgan fingerprint density at radius 1 is 1.47 bits per heavy atom. The Morgan fingerprint density at radius 2 is 2.07 bits per heavy atom. The highest BCUT2D eigenvalue weighted by Crippen LogP contribution is 2.09. The number of amides is 1. The lowest BCUT2D eigenvalue weighted by Crippen LogP contribution is -2.46. The van der Waals surface area contributed by atoms with Crippen molar-refractivity contribution >= 4 is 28.7 Å². The minimum absolute atomic E-state index is 0.0178. The van der Waals surface area contributed by atoms with Gasteiger partial charge in [-0.3, -0.25) is 0 Å². The molecule has 1 aromatic rings. The van der Waals surface area contributed by atoms with Crippen molar-refractivity contribution in [3.05, 3.63) is 35.9 Å². The van der Waals surface area contributed by atoms with E-state index in [1.807, 2.05) is 37.3 Å². The zero-order valence-corrected chi connectivity index (χ0v) is 10.7. The number of benzene rings is 1. The van der Waals surface area contributed by atoms with Gasteiger partial charge in [0.25, 0.3) is 0 Å². The number of carboxylic acid groups (broad SMARTS) is 1. The Balaban J connectivity index is 2.71. The maximum atomic E-state index is 10.9. The number of nitrogens with zero attached hydrogens (tertiary/aromatic N) is 1. The van der Waals surface area contributed by atoms with Crippen LogP contribution in [0, 0.1) is 0 Å². The van der Waals surface area contributed by atoms with Gasteiger partial charge in [0.2, 0.25) is 0 Å². The van der Waals surface area contributed by atoms with Crippen LogP contribution in [0.4, 0.5) is 4.79 Å². The van der Waals surface area contributed by atoms with Crippen molar-refractivity contribution in [1.29, 1.82) is 0 Å². The van der Waals surface area contributed by atoms with Gasteiger partial charge in [-0.2, -0.15) is 0 Å². The summed E-state index contributed by atoms with van der Waals surface area (Å²) in [6, 6.07) is 9.52. The fraction of sp³-hybridized carbons (Fsp3) is 0.364. The lowest BCUT2D eigenvalue weighted by atomic mass is 10.2. The van der Waals surface area contributed by atoms with E-state index in [2.05, 4.69) is 22.6 Å². The highest BCUT2D eigenvalue weighted by Gasteiger charge is 2.12. The molecule has 0 aliphatic carbocycles. The van der Waals surface area contributed by atoms with Crippen molar-refractivity contribution in [3.63, 3.8) is 0 Å². The molecule has 4 heteroatoms. The Bertz CT molecular complexity index is 316. The summed E-state index contributed by atoms with van der Waals surface area (Å²) in [5.41, 5.74) is 0.985. The minimum Gasteiger partial charge on any atom is -0.530 e. The smallest absolute Gasteiger partial charge is 0.137 e.